The second-order valence-corrected chi connectivity index (χ2v) is 8.49. The summed E-state index contributed by atoms with van der Waals surface area (Å²) in [6.45, 7) is 0. The standard InChI is InChI=1S/C22H15NO2S/c24-21-17-18(22(25)23(21)14-8-2-1-3-9-14)20-16-11-13-7-5-4-6-12(13)10-15(16)19(17)26-20/h1-11,17-20H. The Balaban J connectivity index is 1.49. The molecule has 3 aliphatic heterocycles. The molecule has 0 radical (unpaired) electrons. The normalized spacial score (nSPS) is 28.7. The molecule has 126 valence electrons. The zero-order valence-corrected chi connectivity index (χ0v) is 14.6. The van der Waals surface area contributed by atoms with Gasteiger partial charge in [-0.3, -0.25) is 9.59 Å². The molecule has 2 bridgehead atoms. The Kier molecular flexibility index (Phi) is 2.79. The number of nitrogens with zero attached hydrogens (tertiary/aromatic N) is 1. The van der Waals surface area contributed by atoms with E-state index >= 15 is 0 Å². The van der Waals surface area contributed by atoms with E-state index in [0.29, 0.717) is 5.69 Å². The van der Waals surface area contributed by atoms with Crippen LogP contribution in [0, 0.1) is 11.8 Å². The molecule has 26 heavy (non-hydrogen) atoms. The van der Waals surface area contributed by atoms with Crippen LogP contribution in [0.3, 0.4) is 0 Å². The van der Waals surface area contributed by atoms with Crippen molar-refractivity contribution < 1.29 is 9.59 Å². The van der Waals surface area contributed by atoms with Gasteiger partial charge in [0.2, 0.25) is 11.8 Å². The van der Waals surface area contributed by atoms with Gasteiger partial charge in [-0.1, -0.05) is 42.5 Å². The summed E-state index contributed by atoms with van der Waals surface area (Å²) in [5.74, 6) is -0.534. The number of para-hydroxylation sites is 1. The summed E-state index contributed by atoms with van der Waals surface area (Å²) in [5, 5.41) is 2.59. The summed E-state index contributed by atoms with van der Waals surface area (Å²) in [7, 11) is 0. The predicted octanol–water partition coefficient (Wildman–Crippen LogP) is 4.49. The van der Waals surface area contributed by atoms with Crippen molar-refractivity contribution >= 4 is 40.0 Å². The summed E-state index contributed by atoms with van der Waals surface area (Å²) >= 11 is 1.80. The van der Waals surface area contributed by atoms with Crippen LogP contribution in [0.5, 0.6) is 0 Å². The first kappa shape index (κ1) is 14.6. The summed E-state index contributed by atoms with van der Waals surface area (Å²) < 4.78 is 0. The Morgan fingerprint density at radius 2 is 1.19 bits per heavy atom. The summed E-state index contributed by atoms with van der Waals surface area (Å²) in [5.41, 5.74) is 3.18. The van der Waals surface area contributed by atoms with Crippen molar-refractivity contribution in [3.05, 3.63) is 77.9 Å². The molecule has 3 aromatic carbocycles. The number of anilines is 1. The summed E-state index contributed by atoms with van der Waals surface area (Å²) in [6, 6.07) is 22.1. The molecular weight excluding hydrogens is 342 g/mol. The van der Waals surface area contributed by atoms with Gasteiger partial charge in [-0.15, -0.1) is 11.8 Å². The average molecular weight is 357 g/mol. The van der Waals surface area contributed by atoms with Crippen LogP contribution < -0.4 is 4.90 Å². The Hall–Kier alpha value is -2.59. The van der Waals surface area contributed by atoms with Crippen molar-refractivity contribution in [2.75, 3.05) is 4.90 Å². The van der Waals surface area contributed by atoms with Gasteiger partial charge in [0, 0.05) is 10.5 Å². The van der Waals surface area contributed by atoms with E-state index in [-0.39, 0.29) is 34.2 Å². The van der Waals surface area contributed by atoms with E-state index in [1.807, 2.05) is 42.5 Å². The van der Waals surface area contributed by atoms with Crippen LogP contribution in [0.15, 0.2) is 66.7 Å². The maximum atomic E-state index is 13.2. The van der Waals surface area contributed by atoms with Crippen molar-refractivity contribution in [3.63, 3.8) is 0 Å². The van der Waals surface area contributed by atoms with Gasteiger partial charge in [0.1, 0.15) is 0 Å². The van der Waals surface area contributed by atoms with Crippen LogP contribution in [0.4, 0.5) is 5.69 Å². The molecule has 3 nitrogen and oxygen atoms in total. The smallest absolute Gasteiger partial charge is 0.239 e. The molecule has 0 aromatic heterocycles. The fourth-order valence-corrected chi connectivity index (χ4v) is 6.74. The van der Waals surface area contributed by atoms with Crippen molar-refractivity contribution in [1.29, 1.82) is 0 Å². The fraction of sp³-hybridized carbons (Fsp3) is 0.182. The van der Waals surface area contributed by atoms with Crippen LogP contribution in [0.2, 0.25) is 0 Å². The largest absolute Gasteiger partial charge is 0.274 e. The van der Waals surface area contributed by atoms with Crippen LogP contribution in [-0.2, 0) is 9.59 Å². The second kappa shape index (κ2) is 4.98. The minimum atomic E-state index is -0.230. The maximum Gasteiger partial charge on any atom is 0.239 e. The molecular formula is C22H15NO2S. The number of hydrogen-bond acceptors (Lipinski definition) is 3. The summed E-state index contributed by atoms with van der Waals surface area (Å²) in [4.78, 5) is 27.7. The molecule has 0 aliphatic carbocycles. The highest BCUT2D eigenvalue weighted by atomic mass is 32.2. The molecule has 0 N–H and O–H groups in total. The lowest BCUT2D eigenvalue weighted by molar-refractivity contribution is -0.122. The van der Waals surface area contributed by atoms with Crippen LogP contribution in [0.25, 0.3) is 10.8 Å². The SMILES string of the molecule is O=C1C2C3SC(c4cc5ccccc5cc43)C2C(=O)N1c1ccccc1. The Labute approximate surface area is 155 Å². The lowest BCUT2D eigenvalue weighted by Crippen LogP contribution is -2.31. The van der Waals surface area contributed by atoms with E-state index in [0.717, 1.165) is 0 Å². The molecule has 3 aromatic rings. The predicted molar refractivity (Wildman–Crippen MR) is 103 cm³/mol. The van der Waals surface area contributed by atoms with Gasteiger partial charge in [-0.2, -0.15) is 0 Å². The Bertz CT molecular complexity index is 1030. The number of amides is 2. The van der Waals surface area contributed by atoms with E-state index in [9.17, 15) is 9.59 Å². The number of carbonyl (C=O) groups excluding carboxylic acids is 2. The molecule has 6 rings (SSSR count). The van der Waals surface area contributed by atoms with Crippen LogP contribution in [-0.4, -0.2) is 11.8 Å². The van der Waals surface area contributed by atoms with Crippen molar-refractivity contribution in [2.24, 2.45) is 11.8 Å². The Morgan fingerprint density at radius 1 is 0.692 bits per heavy atom. The average Bonchev–Trinajstić information content (AvgIpc) is 3.31. The minimum Gasteiger partial charge on any atom is -0.274 e. The number of imide groups is 1. The monoisotopic (exact) mass is 357 g/mol. The number of carbonyl (C=O) groups is 2. The molecule has 4 unspecified atom stereocenters. The quantitative estimate of drug-likeness (QED) is 0.602. The van der Waals surface area contributed by atoms with Crippen LogP contribution >= 0.6 is 11.8 Å². The molecule has 4 heteroatoms. The number of fused-ring (bicyclic) bond motifs is 9. The third kappa shape index (κ3) is 1.70. The first-order valence-corrected chi connectivity index (χ1v) is 9.79. The molecule has 3 aliphatic rings. The lowest BCUT2D eigenvalue weighted by Gasteiger charge is -2.22. The van der Waals surface area contributed by atoms with Crippen molar-refractivity contribution in [2.45, 2.75) is 10.5 Å². The molecule has 4 atom stereocenters. The van der Waals surface area contributed by atoms with E-state index in [4.69, 9.17) is 0 Å². The van der Waals surface area contributed by atoms with Gasteiger partial charge >= 0.3 is 0 Å². The fourth-order valence-electron chi connectivity index (χ4n) is 4.81. The Morgan fingerprint density at radius 3 is 1.73 bits per heavy atom. The zero-order valence-electron chi connectivity index (χ0n) is 13.8. The molecule has 3 heterocycles. The third-order valence-corrected chi connectivity index (χ3v) is 7.60. The minimum absolute atomic E-state index is 0.0370. The van der Waals surface area contributed by atoms with Gasteiger partial charge in [-0.05, 0) is 46.2 Å². The van der Waals surface area contributed by atoms with Gasteiger partial charge in [0.05, 0.1) is 17.5 Å². The zero-order chi connectivity index (χ0) is 17.4. The van der Waals surface area contributed by atoms with Gasteiger partial charge in [0.15, 0.2) is 0 Å². The van der Waals surface area contributed by atoms with E-state index in [1.165, 1.54) is 26.8 Å². The number of thioether (sulfide) groups is 1. The number of rotatable bonds is 1. The highest BCUT2D eigenvalue weighted by Gasteiger charge is 2.63. The van der Waals surface area contributed by atoms with E-state index < -0.39 is 0 Å². The summed E-state index contributed by atoms with van der Waals surface area (Å²) in [6.07, 6.45) is 0. The molecule has 2 amide bonds. The first-order valence-electron chi connectivity index (χ1n) is 8.85. The maximum absolute atomic E-state index is 13.2. The second-order valence-electron chi connectivity index (χ2n) is 7.20. The molecule has 2 saturated heterocycles. The van der Waals surface area contributed by atoms with Gasteiger partial charge in [0.25, 0.3) is 0 Å². The van der Waals surface area contributed by atoms with E-state index in [1.54, 1.807) is 11.8 Å². The number of benzene rings is 3. The van der Waals surface area contributed by atoms with Gasteiger partial charge < -0.3 is 0 Å². The third-order valence-electron chi connectivity index (χ3n) is 5.92. The molecule has 0 saturated carbocycles. The number of hydrogen-bond donors (Lipinski definition) is 0. The highest BCUT2D eigenvalue weighted by molar-refractivity contribution is 8.00. The first-order chi connectivity index (χ1) is 12.7. The van der Waals surface area contributed by atoms with Crippen LogP contribution in [0.1, 0.15) is 21.6 Å². The molecule has 0 spiro atoms. The van der Waals surface area contributed by atoms with Gasteiger partial charge in [-0.25, -0.2) is 4.90 Å². The van der Waals surface area contributed by atoms with Crippen molar-refractivity contribution in [1.82, 2.24) is 0 Å². The van der Waals surface area contributed by atoms with E-state index in [2.05, 4.69) is 24.3 Å². The molecule has 2 fully saturated rings. The lowest BCUT2D eigenvalue weighted by atomic mass is 9.76. The topological polar surface area (TPSA) is 37.4 Å². The van der Waals surface area contributed by atoms with Crippen molar-refractivity contribution in [3.8, 4) is 0 Å². The highest BCUT2D eigenvalue weighted by Crippen LogP contribution is 2.69.